The van der Waals surface area contributed by atoms with E-state index in [1.807, 2.05) is 42.7 Å². The summed E-state index contributed by atoms with van der Waals surface area (Å²) in [4.78, 5) is 3.00. The van der Waals surface area contributed by atoms with E-state index in [0.717, 1.165) is 11.3 Å². The number of H-pyrrole nitrogens is 1. The Balaban J connectivity index is 2.15. The number of nitrogen functional groups attached to an aromatic ring is 1. The lowest BCUT2D eigenvalue weighted by atomic mass is 10.2. The molecule has 0 aliphatic rings. The van der Waals surface area contributed by atoms with Crippen LogP contribution in [0.25, 0.3) is 12.2 Å². The van der Waals surface area contributed by atoms with Crippen molar-refractivity contribution < 1.29 is 0 Å². The summed E-state index contributed by atoms with van der Waals surface area (Å²) in [5.41, 5.74) is 8.71. The van der Waals surface area contributed by atoms with Gasteiger partial charge in [-0.1, -0.05) is 24.3 Å². The number of nitrogens with one attached hydrogen (secondary N) is 1. The molecule has 0 unspecified atom stereocenters. The minimum Gasteiger partial charge on any atom is -0.399 e. The zero-order valence-electron chi connectivity index (χ0n) is 7.77. The lowest BCUT2D eigenvalue weighted by Gasteiger charge is -1.93. The predicted octanol–water partition coefficient (Wildman–Crippen LogP) is 2.77. The lowest BCUT2D eigenvalue weighted by molar-refractivity contribution is 1.41. The van der Waals surface area contributed by atoms with Crippen molar-refractivity contribution in [1.29, 1.82) is 0 Å². The van der Waals surface area contributed by atoms with E-state index < -0.39 is 0 Å². The van der Waals surface area contributed by atoms with Crippen molar-refractivity contribution in [2.24, 2.45) is 0 Å². The van der Waals surface area contributed by atoms with Crippen LogP contribution in [0.1, 0.15) is 11.1 Å². The van der Waals surface area contributed by atoms with Crippen LogP contribution in [-0.4, -0.2) is 4.98 Å². The first-order valence-electron chi connectivity index (χ1n) is 4.51. The topological polar surface area (TPSA) is 41.8 Å². The average molecular weight is 184 g/mol. The molecule has 0 amide bonds. The van der Waals surface area contributed by atoms with Crippen LogP contribution in [0.3, 0.4) is 0 Å². The van der Waals surface area contributed by atoms with E-state index in [9.17, 15) is 0 Å². The Morgan fingerprint density at radius 2 is 1.64 bits per heavy atom. The van der Waals surface area contributed by atoms with Crippen LogP contribution in [0.5, 0.6) is 0 Å². The van der Waals surface area contributed by atoms with Gasteiger partial charge in [0.15, 0.2) is 0 Å². The smallest absolute Gasteiger partial charge is 0.0314 e. The van der Waals surface area contributed by atoms with Crippen LogP contribution in [0.4, 0.5) is 5.69 Å². The molecule has 14 heavy (non-hydrogen) atoms. The van der Waals surface area contributed by atoms with Crippen molar-refractivity contribution in [2.45, 2.75) is 0 Å². The van der Waals surface area contributed by atoms with Gasteiger partial charge in [-0.15, -0.1) is 0 Å². The van der Waals surface area contributed by atoms with Gasteiger partial charge in [-0.25, -0.2) is 0 Å². The minimum absolute atomic E-state index is 0.795. The molecule has 0 spiro atoms. The van der Waals surface area contributed by atoms with Gasteiger partial charge in [-0.05, 0) is 29.3 Å². The van der Waals surface area contributed by atoms with E-state index in [1.54, 1.807) is 0 Å². The van der Waals surface area contributed by atoms with Gasteiger partial charge in [-0.3, -0.25) is 0 Å². The molecule has 2 nitrogen and oxygen atoms in total. The fraction of sp³-hybridized carbons (Fsp3) is 0. The number of rotatable bonds is 2. The molecule has 0 fully saturated rings. The standard InChI is InChI=1S/C12H12N2/c13-12-5-3-10(4-6-12)1-2-11-7-8-14-9-11/h1-9,14H,13H2/b2-1+. The van der Waals surface area contributed by atoms with Crippen molar-refractivity contribution >= 4 is 17.8 Å². The maximum absolute atomic E-state index is 5.59. The van der Waals surface area contributed by atoms with Crippen LogP contribution >= 0.6 is 0 Å². The van der Waals surface area contributed by atoms with E-state index in [-0.39, 0.29) is 0 Å². The van der Waals surface area contributed by atoms with Gasteiger partial charge in [0.05, 0.1) is 0 Å². The summed E-state index contributed by atoms with van der Waals surface area (Å²) >= 11 is 0. The maximum Gasteiger partial charge on any atom is 0.0314 e. The SMILES string of the molecule is Nc1ccc(/C=C/c2cc[nH]c2)cc1. The second kappa shape index (κ2) is 3.83. The Labute approximate surface area is 83.1 Å². The molecular weight excluding hydrogens is 172 g/mol. The van der Waals surface area contributed by atoms with Gasteiger partial charge >= 0.3 is 0 Å². The molecule has 0 saturated carbocycles. The van der Waals surface area contributed by atoms with E-state index >= 15 is 0 Å². The molecule has 70 valence electrons. The highest BCUT2D eigenvalue weighted by atomic mass is 14.6. The predicted molar refractivity (Wildman–Crippen MR) is 60.6 cm³/mol. The molecule has 2 aromatic rings. The van der Waals surface area contributed by atoms with Crippen molar-refractivity contribution in [1.82, 2.24) is 4.98 Å². The van der Waals surface area contributed by atoms with Crippen LogP contribution in [0.15, 0.2) is 42.7 Å². The molecule has 2 rings (SSSR count). The van der Waals surface area contributed by atoms with Gasteiger partial charge in [-0.2, -0.15) is 0 Å². The van der Waals surface area contributed by atoms with E-state index in [4.69, 9.17) is 5.73 Å². The first-order valence-corrected chi connectivity index (χ1v) is 4.51. The quantitative estimate of drug-likeness (QED) is 0.692. The molecule has 0 aliphatic carbocycles. The molecule has 0 bridgehead atoms. The van der Waals surface area contributed by atoms with Crippen LogP contribution in [0, 0.1) is 0 Å². The van der Waals surface area contributed by atoms with Gasteiger partial charge in [0.25, 0.3) is 0 Å². The normalized spacial score (nSPS) is 10.9. The number of nitrogens with two attached hydrogens (primary N) is 1. The largest absolute Gasteiger partial charge is 0.399 e. The Bertz CT molecular complexity index is 410. The van der Waals surface area contributed by atoms with Crippen molar-refractivity contribution in [3.05, 3.63) is 53.9 Å². The highest BCUT2D eigenvalue weighted by Gasteiger charge is 1.87. The Morgan fingerprint density at radius 3 is 2.29 bits per heavy atom. The van der Waals surface area contributed by atoms with Crippen molar-refractivity contribution in [3.8, 4) is 0 Å². The Hall–Kier alpha value is -1.96. The zero-order chi connectivity index (χ0) is 9.80. The van der Waals surface area contributed by atoms with E-state index in [2.05, 4.69) is 17.1 Å². The number of aromatic amines is 1. The van der Waals surface area contributed by atoms with Gasteiger partial charge in [0.2, 0.25) is 0 Å². The molecule has 3 N–H and O–H groups in total. The first kappa shape index (κ1) is 8.63. The second-order valence-electron chi connectivity index (χ2n) is 3.14. The third-order valence-corrected chi connectivity index (χ3v) is 2.03. The third-order valence-electron chi connectivity index (χ3n) is 2.03. The average Bonchev–Trinajstić information content (AvgIpc) is 2.70. The number of benzene rings is 1. The van der Waals surface area contributed by atoms with Gasteiger partial charge in [0, 0.05) is 18.1 Å². The number of aromatic nitrogens is 1. The minimum atomic E-state index is 0.795. The first-order chi connectivity index (χ1) is 6.84. The maximum atomic E-state index is 5.59. The van der Waals surface area contributed by atoms with Crippen LogP contribution in [0.2, 0.25) is 0 Å². The highest BCUT2D eigenvalue weighted by Crippen LogP contribution is 2.09. The summed E-state index contributed by atoms with van der Waals surface area (Å²) in [6.07, 6.45) is 7.97. The van der Waals surface area contributed by atoms with Crippen molar-refractivity contribution in [2.75, 3.05) is 5.73 Å². The summed E-state index contributed by atoms with van der Waals surface area (Å²) in [5.74, 6) is 0. The van der Waals surface area contributed by atoms with Gasteiger partial charge in [0.1, 0.15) is 0 Å². The molecular formula is C12H12N2. The summed E-state index contributed by atoms with van der Waals surface area (Å²) in [7, 11) is 0. The third kappa shape index (κ3) is 2.04. The van der Waals surface area contributed by atoms with E-state index in [0.29, 0.717) is 0 Å². The zero-order valence-corrected chi connectivity index (χ0v) is 7.77. The summed E-state index contributed by atoms with van der Waals surface area (Å²) in [6, 6.07) is 9.82. The molecule has 0 radical (unpaired) electrons. The molecule has 1 aromatic carbocycles. The highest BCUT2D eigenvalue weighted by molar-refractivity contribution is 5.69. The number of anilines is 1. The summed E-state index contributed by atoms with van der Waals surface area (Å²) < 4.78 is 0. The fourth-order valence-corrected chi connectivity index (χ4v) is 1.24. The van der Waals surface area contributed by atoms with E-state index in [1.165, 1.54) is 5.56 Å². The monoisotopic (exact) mass is 184 g/mol. The molecule has 1 aromatic heterocycles. The Morgan fingerprint density at radius 1 is 0.929 bits per heavy atom. The number of hydrogen-bond acceptors (Lipinski definition) is 1. The summed E-state index contributed by atoms with van der Waals surface area (Å²) in [5, 5.41) is 0. The second-order valence-corrected chi connectivity index (χ2v) is 3.14. The van der Waals surface area contributed by atoms with Gasteiger partial charge < -0.3 is 10.7 Å². The molecule has 1 heterocycles. The molecule has 0 saturated heterocycles. The fourth-order valence-electron chi connectivity index (χ4n) is 1.24. The molecule has 2 heteroatoms. The number of hydrogen-bond donors (Lipinski definition) is 2. The van der Waals surface area contributed by atoms with Crippen LogP contribution in [-0.2, 0) is 0 Å². The molecule has 0 atom stereocenters. The summed E-state index contributed by atoms with van der Waals surface area (Å²) in [6.45, 7) is 0. The molecule has 0 aliphatic heterocycles. The Kier molecular flexibility index (Phi) is 2.36. The lowest BCUT2D eigenvalue weighted by Crippen LogP contribution is -1.82. The van der Waals surface area contributed by atoms with Crippen molar-refractivity contribution in [3.63, 3.8) is 0 Å². The van der Waals surface area contributed by atoms with Crippen LogP contribution < -0.4 is 5.73 Å².